The van der Waals surface area contributed by atoms with E-state index in [9.17, 15) is 10.1 Å². The highest BCUT2D eigenvalue weighted by molar-refractivity contribution is 6.30. The van der Waals surface area contributed by atoms with Crippen LogP contribution in [0.15, 0.2) is 18.2 Å². The molecular weight excluding hydrogens is 218 g/mol. The van der Waals surface area contributed by atoms with Crippen LogP contribution in [0, 0.1) is 10.1 Å². The van der Waals surface area contributed by atoms with Crippen molar-refractivity contribution in [1.82, 2.24) is 10.4 Å². The minimum Gasteiger partial charge on any atom is -0.258 e. The van der Waals surface area contributed by atoms with Crippen LogP contribution in [0.1, 0.15) is 5.56 Å². The van der Waals surface area contributed by atoms with Crippen LogP contribution in [-0.2, 0) is 6.54 Å². The molecule has 0 heterocycles. The van der Waals surface area contributed by atoms with Crippen molar-refractivity contribution in [2.45, 2.75) is 6.54 Å². The molecule has 0 spiro atoms. The minimum atomic E-state index is -0.414. The van der Waals surface area contributed by atoms with Gasteiger partial charge in [-0.3, -0.25) is 20.5 Å². The van der Waals surface area contributed by atoms with Gasteiger partial charge in [-0.15, -0.1) is 0 Å². The highest BCUT2D eigenvalue weighted by Crippen LogP contribution is 2.22. The number of rotatable bonds is 4. The van der Waals surface area contributed by atoms with Crippen molar-refractivity contribution in [3.63, 3.8) is 0 Å². The molecule has 1 aromatic rings. The predicted molar refractivity (Wildman–Crippen MR) is 58.6 cm³/mol. The maximum absolute atomic E-state index is 10.7. The molecule has 1 rings (SSSR count). The average molecular weight is 230 g/mol. The van der Waals surface area contributed by atoms with E-state index in [1.54, 1.807) is 11.1 Å². The lowest BCUT2D eigenvalue weighted by Crippen LogP contribution is -2.29. The normalized spacial score (nSPS) is 10.7. The van der Waals surface area contributed by atoms with Crippen LogP contribution in [-0.4, -0.2) is 24.0 Å². The number of nitrogens with one attached hydrogen (secondary N) is 1. The molecule has 0 unspecified atom stereocenters. The Hall–Kier alpha value is -1.17. The smallest absolute Gasteiger partial charge is 0.258 e. The first-order valence-corrected chi connectivity index (χ1v) is 4.72. The highest BCUT2D eigenvalue weighted by Gasteiger charge is 2.13. The van der Waals surface area contributed by atoms with E-state index < -0.39 is 4.92 Å². The molecule has 1 aromatic carbocycles. The summed E-state index contributed by atoms with van der Waals surface area (Å²) in [5, 5.41) is 12.9. The SMILES string of the molecule is CN(C)NCc1cc(Cl)ccc1[N+](=O)[O-]. The van der Waals surface area contributed by atoms with E-state index in [4.69, 9.17) is 11.6 Å². The van der Waals surface area contributed by atoms with Gasteiger partial charge in [0.15, 0.2) is 0 Å². The van der Waals surface area contributed by atoms with Crippen molar-refractivity contribution in [2.24, 2.45) is 0 Å². The summed E-state index contributed by atoms with van der Waals surface area (Å²) in [5.74, 6) is 0. The molecule has 0 aliphatic rings. The Morgan fingerprint density at radius 3 is 2.73 bits per heavy atom. The third kappa shape index (κ3) is 3.47. The predicted octanol–water partition coefficient (Wildman–Crippen LogP) is 1.81. The van der Waals surface area contributed by atoms with Gasteiger partial charge in [0, 0.05) is 37.3 Å². The molecule has 0 radical (unpaired) electrons. The third-order valence-corrected chi connectivity index (χ3v) is 2.06. The zero-order valence-corrected chi connectivity index (χ0v) is 9.28. The maximum Gasteiger partial charge on any atom is 0.274 e. The summed E-state index contributed by atoms with van der Waals surface area (Å²) in [6, 6.07) is 4.52. The average Bonchev–Trinajstić information content (AvgIpc) is 2.14. The van der Waals surface area contributed by atoms with Crippen molar-refractivity contribution in [3.8, 4) is 0 Å². The van der Waals surface area contributed by atoms with Gasteiger partial charge in [-0.1, -0.05) is 11.6 Å². The van der Waals surface area contributed by atoms with E-state index in [-0.39, 0.29) is 5.69 Å². The Bertz CT molecular complexity index is 368. The topological polar surface area (TPSA) is 58.4 Å². The second-order valence-corrected chi connectivity index (χ2v) is 3.70. The van der Waals surface area contributed by atoms with Crippen LogP contribution in [0.4, 0.5) is 5.69 Å². The van der Waals surface area contributed by atoms with E-state index >= 15 is 0 Å². The second kappa shape index (κ2) is 5.06. The zero-order valence-electron chi connectivity index (χ0n) is 8.53. The summed E-state index contributed by atoms with van der Waals surface area (Å²) in [7, 11) is 3.63. The molecule has 0 aromatic heterocycles. The summed E-state index contributed by atoms with van der Waals surface area (Å²) in [5.41, 5.74) is 3.60. The summed E-state index contributed by atoms with van der Waals surface area (Å²) in [6.07, 6.45) is 0. The van der Waals surface area contributed by atoms with E-state index in [0.29, 0.717) is 17.1 Å². The zero-order chi connectivity index (χ0) is 11.4. The number of hydrazine groups is 1. The molecule has 6 heteroatoms. The molecule has 0 bridgehead atoms. The summed E-state index contributed by atoms with van der Waals surface area (Å²) >= 11 is 5.77. The van der Waals surface area contributed by atoms with Gasteiger partial charge >= 0.3 is 0 Å². The fourth-order valence-corrected chi connectivity index (χ4v) is 1.31. The minimum absolute atomic E-state index is 0.0775. The number of nitrogens with zero attached hydrogens (tertiary/aromatic N) is 2. The second-order valence-electron chi connectivity index (χ2n) is 3.26. The number of nitro groups is 1. The van der Waals surface area contributed by atoms with Crippen molar-refractivity contribution < 1.29 is 4.92 Å². The van der Waals surface area contributed by atoms with Gasteiger partial charge in [0.1, 0.15) is 0 Å². The molecule has 1 N–H and O–H groups in total. The maximum atomic E-state index is 10.7. The van der Waals surface area contributed by atoms with Crippen molar-refractivity contribution >= 4 is 17.3 Å². The molecular formula is C9H12ClN3O2. The van der Waals surface area contributed by atoms with Crippen molar-refractivity contribution in [2.75, 3.05) is 14.1 Å². The molecule has 0 atom stereocenters. The van der Waals surface area contributed by atoms with Crippen LogP contribution in [0.5, 0.6) is 0 Å². The van der Waals surface area contributed by atoms with E-state index in [1.165, 1.54) is 12.1 Å². The summed E-state index contributed by atoms with van der Waals surface area (Å²) in [6.45, 7) is 0.379. The lowest BCUT2D eigenvalue weighted by molar-refractivity contribution is -0.385. The monoisotopic (exact) mass is 229 g/mol. The summed E-state index contributed by atoms with van der Waals surface area (Å²) < 4.78 is 0. The standard InChI is InChI=1S/C9H12ClN3O2/c1-12(2)11-6-7-5-8(10)3-4-9(7)13(14)15/h3-5,11H,6H2,1-2H3. The first-order valence-electron chi connectivity index (χ1n) is 4.34. The molecule has 82 valence electrons. The van der Waals surface area contributed by atoms with Gasteiger partial charge in [-0.2, -0.15) is 0 Å². The fraction of sp³-hybridized carbons (Fsp3) is 0.333. The van der Waals surface area contributed by atoms with Crippen LogP contribution in [0.3, 0.4) is 0 Å². The lowest BCUT2D eigenvalue weighted by atomic mass is 10.2. The highest BCUT2D eigenvalue weighted by atomic mass is 35.5. The number of halogens is 1. The quantitative estimate of drug-likeness (QED) is 0.632. The molecule has 15 heavy (non-hydrogen) atoms. The Labute approximate surface area is 92.8 Å². The van der Waals surface area contributed by atoms with Gasteiger partial charge in [0.2, 0.25) is 0 Å². The number of hydrogen-bond acceptors (Lipinski definition) is 4. The molecule has 0 aliphatic carbocycles. The third-order valence-electron chi connectivity index (χ3n) is 1.82. The molecule has 0 aliphatic heterocycles. The number of benzene rings is 1. The van der Waals surface area contributed by atoms with Gasteiger partial charge < -0.3 is 0 Å². The van der Waals surface area contributed by atoms with E-state index in [1.807, 2.05) is 14.1 Å². The fourth-order valence-electron chi connectivity index (χ4n) is 1.12. The molecule has 5 nitrogen and oxygen atoms in total. The van der Waals surface area contributed by atoms with E-state index in [2.05, 4.69) is 5.43 Å². The first-order chi connectivity index (χ1) is 7.00. The number of nitro benzene ring substituents is 1. The summed E-state index contributed by atoms with van der Waals surface area (Å²) in [4.78, 5) is 10.3. The molecule has 0 saturated carbocycles. The van der Waals surface area contributed by atoms with E-state index in [0.717, 1.165) is 0 Å². The molecule has 0 fully saturated rings. The van der Waals surface area contributed by atoms with Gasteiger partial charge in [-0.25, -0.2) is 0 Å². The Balaban J connectivity index is 2.92. The van der Waals surface area contributed by atoms with Crippen molar-refractivity contribution in [1.29, 1.82) is 0 Å². The Morgan fingerprint density at radius 1 is 1.53 bits per heavy atom. The van der Waals surface area contributed by atoms with Gasteiger partial charge in [0.25, 0.3) is 5.69 Å². The van der Waals surface area contributed by atoms with Gasteiger partial charge in [0.05, 0.1) is 4.92 Å². The lowest BCUT2D eigenvalue weighted by Gasteiger charge is -2.11. The van der Waals surface area contributed by atoms with Crippen LogP contribution >= 0.6 is 11.6 Å². The van der Waals surface area contributed by atoms with Crippen LogP contribution in [0.25, 0.3) is 0 Å². The molecule has 0 amide bonds. The van der Waals surface area contributed by atoms with Gasteiger partial charge in [-0.05, 0) is 12.1 Å². The first kappa shape index (κ1) is 11.9. The van der Waals surface area contributed by atoms with Crippen molar-refractivity contribution in [3.05, 3.63) is 38.9 Å². The largest absolute Gasteiger partial charge is 0.274 e. The van der Waals surface area contributed by atoms with Crippen LogP contribution < -0.4 is 5.43 Å². The molecule has 0 saturated heterocycles. The van der Waals surface area contributed by atoms with Crippen LogP contribution in [0.2, 0.25) is 5.02 Å². The Morgan fingerprint density at radius 2 is 2.20 bits per heavy atom. The number of hydrogen-bond donors (Lipinski definition) is 1. The Kier molecular flexibility index (Phi) is 4.02.